The minimum absolute atomic E-state index is 0.0848. The van der Waals surface area contributed by atoms with Gasteiger partial charge in [0.15, 0.2) is 0 Å². The summed E-state index contributed by atoms with van der Waals surface area (Å²) < 4.78 is 1.38. The van der Waals surface area contributed by atoms with E-state index in [2.05, 4.69) is 135 Å². The molecule has 5 aromatic rings. The average molecular weight is 667 g/mol. The Morgan fingerprint density at radius 1 is 0.683 bits per heavy atom. The van der Waals surface area contributed by atoms with Crippen LogP contribution in [0.2, 0.25) is 0 Å². The van der Waals surface area contributed by atoms with Crippen molar-refractivity contribution in [3.05, 3.63) is 132 Å². The fourth-order valence-corrected chi connectivity index (χ4v) is 23.8. The molecule has 1 aliphatic carbocycles. The topological polar surface area (TPSA) is 0 Å². The molecule has 1 unspecified atom stereocenters. The molecule has 0 nitrogen and oxygen atoms in total. The molecule has 0 amide bonds. The summed E-state index contributed by atoms with van der Waals surface area (Å²) >= 11 is -4.03. The Hall–Kier alpha value is -2.48. The van der Waals surface area contributed by atoms with Crippen LogP contribution in [0, 0.1) is 5.92 Å². The molecule has 0 spiro atoms. The second-order valence-electron chi connectivity index (χ2n) is 11.8. The van der Waals surface area contributed by atoms with Gasteiger partial charge < -0.3 is 0 Å². The molecule has 0 radical (unpaired) electrons. The predicted molar refractivity (Wildman–Crippen MR) is 179 cm³/mol. The summed E-state index contributed by atoms with van der Waals surface area (Å²) in [6.45, 7) is 4.61. The minimum atomic E-state index is -4.03. The molecular weight excluding hydrogens is 635 g/mol. The van der Waals surface area contributed by atoms with Gasteiger partial charge in [-0.05, 0) is 0 Å². The first-order valence-electron chi connectivity index (χ1n) is 14.5. The van der Waals surface area contributed by atoms with Crippen molar-refractivity contribution in [3.63, 3.8) is 0 Å². The molecule has 1 atom stereocenters. The molecule has 0 saturated heterocycles. The van der Waals surface area contributed by atoms with E-state index < -0.39 is 27.4 Å². The van der Waals surface area contributed by atoms with Gasteiger partial charge in [-0.15, -0.1) is 0 Å². The number of rotatable bonds is 6. The number of hydrogen-bond donors (Lipinski definition) is 0. The molecule has 41 heavy (non-hydrogen) atoms. The van der Waals surface area contributed by atoms with Crippen molar-refractivity contribution in [2.24, 2.45) is 5.92 Å². The Kier molecular flexibility index (Phi) is 7.32. The van der Waals surface area contributed by atoms with Crippen LogP contribution in [0.4, 0.5) is 0 Å². The van der Waals surface area contributed by atoms with E-state index >= 15 is 0 Å². The molecular formula is C37H32Cl2SiZr. The first-order chi connectivity index (χ1) is 19.9. The van der Waals surface area contributed by atoms with Gasteiger partial charge in [0.1, 0.15) is 0 Å². The van der Waals surface area contributed by atoms with Crippen LogP contribution >= 0.6 is 17.0 Å². The van der Waals surface area contributed by atoms with E-state index in [4.69, 9.17) is 17.0 Å². The maximum atomic E-state index is 7.91. The molecule has 1 aliphatic heterocycles. The summed E-state index contributed by atoms with van der Waals surface area (Å²) in [5.74, 6) is 0.516. The molecule has 5 aromatic carbocycles. The van der Waals surface area contributed by atoms with Crippen molar-refractivity contribution in [1.29, 1.82) is 0 Å². The Morgan fingerprint density at radius 2 is 1.34 bits per heavy atom. The monoisotopic (exact) mass is 664 g/mol. The van der Waals surface area contributed by atoms with Gasteiger partial charge in [0.2, 0.25) is 0 Å². The van der Waals surface area contributed by atoms with Crippen molar-refractivity contribution < 1.29 is 17.9 Å². The SMILES string of the molecule is CC(C)CC1=Cc2c(ccc(-c3ccccc3)c2-c2ccccc2)[CH]1[Zr]([Cl])([Cl])[c]1cccc2c1[SiH2]c1ccccc1-2. The number of hydrogen-bond acceptors (Lipinski definition) is 0. The van der Waals surface area contributed by atoms with Crippen molar-refractivity contribution in [1.82, 2.24) is 0 Å². The fraction of sp³-hybridized carbons (Fsp3) is 0.135. The summed E-state index contributed by atoms with van der Waals surface area (Å²) in [4.78, 5) is 0. The van der Waals surface area contributed by atoms with Crippen molar-refractivity contribution >= 4 is 46.3 Å². The van der Waals surface area contributed by atoms with Crippen LogP contribution in [-0.4, -0.2) is 9.52 Å². The predicted octanol–water partition coefficient (Wildman–Crippen LogP) is 8.39. The summed E-state index contributed by atoms with van der Waals surface area (Å²) in [6.07, 6.45) is 3.46. The summed E-state index contributed by atoms with van der Waals surface area (Å²) in [6, 6.07) is 41.9. The molecule has 0 N–H and O–H groups in total. The van der Waals surface area contributed by atoms with Gasteiger partial charge >= 0.3 is 259 Å². The molecule has 4 heteroatoms. The van der Waals surface area contributed by atoms with Crippen molar-refractivity contribution in [2.45, 2.75) is 23.9 Å². The summed E-state index contributed by atoms with van der Waals surface area (Å²) in [5.41, 5.74) is 11.8. The zero-order valence-electron chi connectivity index (χ0n) is 23.4. The number of halogens is 2. The van der Waals surface area contributed by atoms with Gasteiger partial charge in [-0.1, -0.05) is 0 Å². The first-order valence-corrected chi connectivity index (χ1v) is 24.9. The number of allylic oxidation sites excluding steroid dienone is 1. The van der Waals surface area contributed by atoms with Gasteiger partial charge in [0, 0.05) is 0 Å². The van der Waals surface area contributed by atoms with Crippen LogP contribution in [0.5, 0.6) is 0 Å². The Bertz CT molecular complexity index is 1790. The fourth-order valence-electron chi connectivity index (χ4n) is 6.99. The van der Waals surface area contributed by atoms with E-state index in [0.717, 1.165) is 6.42 Å². The van der Waals surface area contributed by atoms with E-state index in [1.165, 1.54) is 63.7 Å². The molecule has 0 saturated carbocycles. The zero-order chi connectivity index (χ0) is 28.1. The van der Waals surface area contributed by atoms with Crippen LogP contribution in [0.25, 0.3) is 39.5 Å². The quantitative estimate of drug-likeness (QED) is 0.157. The number of benzene rings is 5. The van der Waals surface area contributed by atoms with Gasteiger partial charge in [-0.2, -0.15) is 0 Å². The standard InChI is InChI=1S/C25H23.C12H9Si.2ClH.Zr/c1-18(2)15-19-16-22-13-14-23(20-9-5-3-6-10-20)25(24(22)17-19)21-11-7-4-8-12-21;1-3-7-11-9(5-1)10-6-2-4-8-12(10)13-11;;;/h3-14,16-18H,15H2,1-2H3;1-7H,13H2;2*1H;/q;;;;+2/p-2. The molecule has 1 heterocycles. The van der Waals surface area contributed by atoms with Crippen molar-refractivity contribution in [2.75, 3.05) is 0 Å². The molecule has 0 fully saturated rings. The number of fused-ring (bicyclic) bond motifs is 4. The van der Waals surface area contributed by atoms with Crippen LogP contribution in [0.15, 0.2) is 121 Å². The molecule has 202 valence electrons. The van der Waals surface area contributed by atoms with E-state index in [0.29, 0.717) is 5.92 Å². The Morgan fingerprint density at radius 3 is 2.07 bits per heavy atom. The van der Waals surface area contributed by atoms with Crippen LogP contribution < -0.4 is 13.6 Å². The van der Waals surface area contributed by atoms with Crippen LogP contribution in [0.3, 0.4) is 0 Å². The van der Waals surface area contributed by atoms with E-state index in [9.17, 15) is 0 Å². The zero-order valence-corrected chi connectivity index (χ0v) is 28.8. The second-order valence-corrected chi connectivity index (χ2v) is 27.6. The molecule has 2 aliphatic rings. The van der Waals surface area contributed by atoms with Gasteiger partial charge in [0.25, 0.3) is 0 Å². The normalized spacial score (nSPS) is 16.0. The Labute approximate surface area is 257 Å². The summed E-state index contributed by atoms with van der Waals surface area (Å²) in [7, 11) is 15.2. The molecule has 0 aromatic heterocycles. The molecule has 7 rings (SSSR count). The summed E-state index contributed by atoms with van der Waals surface area (Å²) in [5, 5.41) is 2.99. The van der Waals surface area contributed by atoms with E-state index in [1.54, 1.807) is 0 Å². The van der Waals surface area contributed by atoms with Crippen molar-refractivity contribution in [3.8, 4) is 33.4 Å². The third-order valence-electron chi connectivity index (χ3n) is 8.65. The van der Waals surface area contributed by atoms with Crippen LogP contribution in [-0.2, 0) is 17.9 Å². The molecule has 0 bridgehead atoms. The maximum absolute atomic E-state index is 7.91. The van der Waals surface area contributed by atoms with Gasteiger partial charge in [-0.25, -0.2) is 0 Å². The average Bonchev–Trinajstić information content (AvgIpc) is 3.55. The van der Waals surface area contributed by atoms with E-state index in [1.807, 2.05) is 0 Å². The van der Waals surface area contributed by atoms with Gasteiger partial charge in [0.05, 0.1) is 0 Å². The Balaban J connectivity index is 1.44. The van der Waals surface area contributed by atoms with Gasteiger partial charge in [-0.3, -0.25) is 0 Å². The van der Waals surface area contributed by atoms with Crippen LogP contribution in [0.1, 0.15) is 35.0 Å². The third-order valence-corrected chi connectivity index (χ3v) is 23.0. The second kappa shape index (κ2) is 11.0. The first kappa shape index (κ1) is 27.4. The van der Waals surface area contributed by atoms with E-state index in [-0.39, 0.29) is 3.63 Å². The third kappa shape index (κ3) is 4.78.